The van der Waals surface area contributed by atoms with E-state index in [0.717, 1.165) is 20.0 Å². The van der Waals surface area contributed by atoms with Gasteiger partial charge in [0.1, 0.15) is 0 Å². The second-order valence-corrected chi connectivity index (χ2v) is 4.70. The van der Waals surface area contributed by atoms with Gasteiger partial charge >= 0.3 is 10.4 Å². The quantitative estimate of drug-likeness (QED) is 0.646. The van der Waals surface area contributed by atoms with Gasteiger partial charge in [-0.25, -0.2) is 0 Å². The van der Waals surface area contributed by atoms with Crippen molar-refractivity contribution >= 4 is 10.4 Å². The zero-order chi connectivity index (χ0) is 11.8. The molecule has 0 aliphatic carbocycles. The molecule has 0 aliphatic rings. The summed E-state index contributed by atoms with van der Waals surface area (Å²) in [5, 5.41) is 9.15. The van der Waals surface area contributed by atoms with Gasteiger partial charge in [0.05, 0.1) is 12.7 Å². The predicted molar refractivity (Wildman–Crippen MR) is 59.4 cm³/mol. The Hall–Kier alpha value is -0.210. The first-order valence-electron chi connectivity index (χ1n) is 4.38. The summed E-state index contributed by atoms with van der Waals surface area (Å²) in [6.45, 7) is 5.83. The van der Waals surface area contributed by atoms with Crippen LogP contribution < -0.4 is 6.15 Å². The van der Waals surface area contributed by atoms with Crippen LogP contribution in [0.1, 0.15) is 40.0 Å². The maximum Gasteiger partial charge on any atom is 0.397 e. The molecule has 0 atom stereocenters. The molecule has 0 radical (unpaired) electrons. The SMILES string of the molecule is CCCCC(C)(C)O.COS(=O)(=O)O.N. The molecular weight excluding hydrogens is 222 g/mol. The minimum Gasteiger partial charge on any atom is -0.390 e. The molecule has 0 spiro atoms. The van der Waals surface area contributed by atoms with E-state index in [2.05, 4.69) is 11.1 Å². The average molecular weight is 245 g/mol. The number of aliphatic hydroxyl groups is 1. The molecule has 0 saturated heterocycles. The van der Waals surface area contributed by atoms with Crippen molar-refractivity contribution in [2.24, 2.45) is 0 Å². The van der Waals surface area contributed by atoms with Crippen LogP contribution in [-0.4, -0.2) is 30.8 Å². The van der Waals surface area contributed by atoms with E-state index < -0.39 is 16.0 Å². The van der Waals surface area contributed by atoms with Crippen molar-refractivity contribution in [3.05, 3.63) is 0 Å². The highest BCUT2D eigenvalue weighted by Gasteiger charge is 2.09. The molecule has 15 heavy (non-hydrogen) atoms. The van der Waals surface area contributed by atoms with Crippen molar-refractivity contribution in [3.63, 3.8) is 0 Å². The first-order valence-corrected chi connectivity index (χ1v) is 5.74. The third kappa shape index (κ3) is 31.6. The van der Waals surface area contributed by atoms with Crippen LogP contribution in [0.15, 0.2) is 0 Å². The van der Waals surface area contributed by atoms with E-state index in [9.17, 15) is 8.42 Å². The summed E-state index contributed by atoms with van der Waals surface area (Å²) in [6.07, 6.45) is 3.22. The smallest absolute Gasteiger partial charge is 0.390 e. The fraction of sp³-hybridized carbons (Fsp3) is 1.00. The summed E-state index contributed by atoms with van der Waals surface area (Å²) in [5.74, 6) is 0. The Balaban J connectivity index is -0.000000187. The van der Waals surface area contributed by atoms with Crippen molar-refractivity contribution in [2.75, 3.05) is 7.11 Å². The van der Waals surface area contributed by atoms with Gasteiger partial charge in [0.2, 0.25) is 0 Å². The Morgan fingerprint density at radius 3 is 1.73 bits per heavy atom. The molecule has 0 fully saturated rings. The van der Waals surface area contributed by atoms with E-state index in [0.29, 0.717) is 0 Å². The lowest BCUT2D eigenvalue weighted by molar-refractivity contribution is 0.0686. The normalized spacial score (nSPS) is 11.1. The zero-order valence-corrected chi connectivity index (χ0v) is 10.7. The van der Waals surface area contributed by atoms with Crippen molar-refractivity contribution in [1.29, 1.82) is 0 Å². The van der Waals surface area contributed by atoms with Gasteiger partial charge in [-0.05, 0) is 20.3 Å². The molecule has 0 heterocycles. The zero-order valence-electron chi connectivity index (χ0n) is 9.86. The monoisotopic (exact) mass is 245 g/mol. The van der Waals surface area contributed by atoms with E-state index >= 15 is 0 Å². The second-order valence-electron chi connectivity index (χ2n) is 3.51. The molecule has 0 aliphatic heterocycles. The minimum absolute atomic E-state index is 0. The van der Waals surface area contributed by atoms with Gasteiger partial charge in [0.15, 0.2) is 0 Å². The molecule has 0 saturated carbocycles. The number of hydrogen-bond acceptors (Lipinski definition) is 5. The Morgan fingerprint density at radius 1 is 1.33 bits per heavy atom. The van der Waals surface area contributed by atoms with Gasteiger partial charge in [-0.3, -0.25) is 8.74 Å². The number of unbranched alkanes of at least 4 members (excludes halogenated alkanes) is 1. The third-order valence-corrected chi connectivity index (χ3v) is 1.77. The summed E-state index contributed by atoms with van der Waals surface area (Å²) >= 11 is 0. The van der Waals surface area contributed by atoms with E-state index in [-0.39, 0.29) is 6.15 Å². The highest BCUT2D eigenvalue weighted by molar-refractivity contribution is 7.80. The molecule has 0 aromatic rings. The molecule has 96 valence electrons. The lowest BCUT2D eigenvalue weighted by Gasteiger charge is -2.15. The maximum atomic E-state index is 9.33. The number of hydrogen-bond donors (Lipinski definition) is 3. The summed E-state index contributed by atoms with van der Waals surface area (Å²) in [5.41, 5.74) is -0.448. The number of rotatable bonds is 4. The lowest BCUT2D eigenvalue weighted by Crippen LogP contribution is -2.17. The summed E-state index contributed by atoms with van der Waals surface area (Å²) < 4.78 is 29.7. The summed E-state index contributed by atoms with van der Waals surface area (Å²) in [7, 11) is -3.29. The Labute approximate surface area is 92.2 Å². The van der Waals surface area contributed by atoms with Crippen molar-refractivity contribution in [1.82, 2.24) is 6.15 Å². The fourth-order valence-electron chi connectivity index (χ4n) is 0.609. The van der Waals surface area contributed by atoms with Crippen LogP contribution in [0.4, 0.5) is 0 Å². The van der Waals surface area contributed by atoms with Gasteiger partial charge in [-0.1, -0.05) is 19.8 Å². The summed E-state index contributed by atoms with van der Waals surface area (Å²) in [4.78, 5) is 0. The van der Waals surface area contributed by atoms with E-state index in [1.807, 2.05) is 13.8 Å². The Bertz CT molecular complexity index is 220. The van der Waals surface area contributed by atoms with E-state index in [1.54, 1.807) is 0 Å². The lowest BCUT2D eigenvalue weighted by atomic mass is 10.0. The molecule has 0 rings (SSSR count). The highest BCUT2D eigenvalue weighted by atomic mass is 32.3. The van der Waals surface area contributed by atoms with Crippen LogP contribution in [0.3, 0.4) is 0 Å². The van der Waals surface area contributed by atoms with Gasteiger partial charge in [0.25, 0.3) is 0 Å². The van der Waals surface area contributed by atoms with Crippen LogP contribution in [0.2, 0.25) is 0 Å². The minimum atomic E-state index is -4.16. The first-order chi connectivity index (χ1) is 6.12. The molecule has 0 unspecified atom stereocenters. The molecule has 0 aromatic carbocycles. The maximum absolute atomic E-state index is 9.33. The van der Waals surface area contributed by atoms with Crippen LogP contribution in [0.25, 0.3) is 0 Å². The van der Waals surface area contributed by atoms with Crippen molar-refractivity contribution < 1.29 is 22.3 Å². The molecule has 7 heteroatoms. The Kier molecular flexibility index (Phi) is 12.2. The van der Waals surface area contributed by atoms with Crippen molar-refractivity contribution in [3.8, 4) is 0 Å². The Morgan fingerprint density at radius 2 is 1.67 bits per heavy atom. The molecular formula is C8H23NO5S. The first kappa shape index (κ1) is 20.2. The molecule has 0 bridgehead atoms. The fourth-order valence-corrected chi connectivity index (χ4v) is 0.609. The van der Waals surface area contributed by atoms with Crippen LogP contribution in [0, 0.1) is 0 Å². The van der Waals surface area contributed by atoms with Gasteiger partial charge in [-0.2, -0.15) is 8.42 Å². The largest absolute Gasteiger partial charge is 0.397 e. The standard InChI is InChI=1S/C7H16O.CH4O4S.H3N/c1-4-5-6-7(2,3)8;1-5-6(2,3)4;/h8H,4-6H2,1-3H3;1H3,(H,2,3,4);1H3. The highest BCUT2D eigenvalue weighted by Crippen LogP contribution is 2.10. The molecule has 0 aromatic heterocycles. The van der Waals surface area contributed by atoms with E-state index in [1.165, 1.54) is 6.42 Å². The van der Waals surface area contributed by atoms with Crippen LogP contribution in [0.5, 0.6) is 0 Å². The van der Waals surface area contributed by atoms with Crippen LogP contribution >= 0.6 is 0 Å². The molecule has 5 N–H and O–H groups in total. The second kappa shape index (κ2) is 9.05. The topological polar surface area (TPSA) is 119 Å². The average Bonchev–Trinajstić information content (AvgIpc) is 1.99. The van der Waals surface area contributed by atoms with Gasteiger partial charge in [-0.15, -0.1) is 0 Å². The third-order valence-electron chi connectivity index (χ3n) is 1.35. The van der Waals surface area contributed by atoms with Gasteiger partial charge < -0.3 is 11.3 Å². The van der Waals surface area contributed by atoms with Crippen molar-refractivity contribution in [2.45, 2.75) is 45.6 Å². The van der Waals surface area contributed by atoms with Gasteiger partial charge in [0, 0.05) is 0 Å². The van der Waals surface area contributed by atoms with E-state index in [4.69, 9.17) is 9.66 Å². The summed E-state index contributed by atoms with van der Waals surface area (Å²) in [6, 6.07) is 0. The molecule has 6 nitrogen and oxygen atoms in total. The predicted octanol–water partition coefficient (Wildman–Crippen LogP) is 1.55. The van der Waals surface area contributed by atoms with Crippen LogP contribution in [-0.2, 0) is 14.6 Å². The molecule has 0 amide bonds.